The summed E-state index contributed by atoms with van der Waals surface area (Å²) in [6.07, 6.45) is 0. The molecule has 0 aliphatic carbocycles. The third-order valence-electron chi connectivity index (χ3n) is 3.60. The molecule has 2 rings (SSSR count). The Bertz CT molecular complexity index is 904. The molecule has 0 fully saturated rings. The van der Waals surface area contributed by atoms with Gasteiger partial charge in [-0.3, -0.25) is 4.79 Å². The Balaban J connectivity index is 2.62. The maximum atomic E-state index is 12.0. The van der Waals surface area contributed by atoms with E-state index in [0.29, 0.717) is 18.9 Å². The van der Waals surface area contributed by atoms with Crippen molar-refractivity contribution in [2.45, 2.75) is 0 Å². The van der Waals surface area contributed by atoms with Crippen molar-refractivity contribution in [3.63, 3.8) is 0 Å². The third-order valence-corrected chi connectivity index (χ3v) is 3.60. The van der Waals surface area contributed by atoms with E-state index in [1.165, 1.54) is 12.1 Å². The minimum absolute atomic E-state index is 0.208. The number of benzene rings is 1. The molecular weight excluding hydrogens is 342 g/mol. The number of nitrogens with two attached hydrogens (primary N) is 1. The Morgan fingerprint density at radius 2 is 1.85 bits per heavy atom. The number of hydrogen-bond acceptors (Lipinski definition) is 6. The summed E-state index contributed by atoms with van der Waals surface area (Å²) in [4.78, 5) is 39.2. The van der Waals surface area contributed by atoms with Crippen LogP contribution in [0, 0.1) is 0 Å². The van der Waals surface area contributed by atoms with Crippen molar-refractivity contribution in [1.29, 1.82) is 0 Å². The van der Waals surface area contributed by atoms with Crippen LogP contribution in [0.5, 0.6) is 5.75 Å². The lowest BCUT2D eigenvalue weighted by molar-refractivity contribution is 0.0695. The summed E-state index contributed by atoms with van der Waals surface area (Å²) in [5, 5.41) is 18.8. The SMILES string of the molecule is CN(C)CCOc1cccc(-c2c(C(=O)O)c(N)[nH]c(=O)c2C(=O)O)c1. The number of carbonyl (C=O) groups is 2. The molecule has 1 aromatic carbocycles. The van der Waals surface area contributed by atoms with Crippen LogP contribution in [-0.4, -0.2) is 59.3 Å². The number of aromatic nitrogens is 1. The standard InChI is InChI=1S/C17H19N3O6/c1-20(2)6-7-26-10-5-3-4-9(8-10)11-12(16(22)23)14(18)19-15(21)13(11)17(24)25/h3-5,8H,6-7H2,1-2H3,(H,22,23)(H,24,25)(H3,18,19,21). The predicted molar refractivity (Wildman–Crippen MR) is 94.9 cm³/mol. The lowest BCUT2D eigenvalue weighted by atomic mass is 9.95. The van der Waals surface area contributed by atoms with Crippen LogP contribution >= 0.6 is 0 Å². The van der Waals surface area contributed by atoms with Gasteiger partial charge in [0, 0.05) is 12.1 Å². The van der Waals surface area contributed by atoms with Gasteiger partial charge in [0.1, 0.15) is 29.3 Å². The molecule has 0 atom stereocenters. The maximum absolute atomic E-state index is 12.0. The van der Waals surface area contributed by atoms with Gasteiger partial charge < -0.3 is 30.6 Å². The number of anilines is 1. The zero-order valence-corrected chi connectivity index (χ0v) is 14.3. The van der Waals surface area contributed by atoms with Gasteiger partial charge >= 0.3 is 11.9 Å². The first-order valence-corrected chi connectivity index (χ1v) is 7.62. The molecular formula is C17H19N3O6. The highest BCUT2D eigenvalue weighted by Gasteiger charge is 2.26. The summed E-state index contributed by atoms with van der Waals surface area (Å²) in [5.74, 6) is -3.00. The molecule has 0 amide bonds. The van der Waals surface area contributed by atoms with Gasteiger partial charge in [-0.05, 0) is 31.8 Å². The van der Waals surface area contributed by atoms with Crippen molar-refractivity contribution in [3.8, 4) is 16.9 Å². The Labute approximate surface area is 148 Å². The summed E-state index contributed by atoms with van der Waals surface area (Å²) >= 11 is 0. The second kappa shape index (κ2) is 7.70. The van der Waals surface area contributed by atoms with Crippen LogP contribution in [0.3, 0.4) is 0 Å². The van der Waals surface area contributed by atoms with E-state index in [9.17, 15) is 24.6 Å². The van der Waals surface area contributed by atoms with Crippen molar-refractivity contribution in [1.82, 2.24) is 9.88 Å². The molecule has 0 spiro atoms. The minimum Gasteiger partial charge on any atom is -0.492 e. The first-order chi connectivity index (χ1) is 12.2. The highest BCUT2D eigenvalue weighted by molar-refractivity contribution is 6.07. The van der Waals surface area contributed by atoms with Crippen LogP contribution in [-0.2, 0) is 0 Å². The average molecular weight is 361 g/mol. The average Bonchev–Trinajstić information content (AvgIpc) is 2.53. The molecule has 2 aromatic rings. The van der Waals surface area contributed by atoms with Crippen molar-refractivity contribution < 1.29 is 24.5 Å². The molecule has 5 N–H and O–H groups in total. The Morgan fingerprint density at radius 3 is 2.42 bits per heavy atom. The van der Waals surface area contributed by atoms with Gasteiger partial charge in [-0.25, -0.2) is 9.59 Å². The molecule has 1 aromatic heterocycles. The monoisotopic (exact) mass is 361 g/mol. The van der Waals surface area contributed by atoms with Crippen LogP contribution < -0.4 is 16.0 Å². The first-order valence-electron chi connectivity index (χ1n) is 7.62. The van der Waals surface area contributed by atoms with Gasteiger partial charge in [-0.15, -0.1) is 0 Å². The highest BCUT2D eigenvalue weighted by atomic mass is 16.5. The van der Waals surface area contributed by atoms with E-state index >= 15 is 0 Å². The number of pyridine rings is 1. The molecule has 0 saturated carbocycles. The number of likely N-dealkylation sites (N-methyl/N-ethyl adjacent to an activating group) is 1. The van der Waals surface area contributed by atoms with E-state index < -0.39 is 34.4 Å². The zero-order valence-electron chi connectivity index (χ0n) is 14.3. The van der Waals surface area contributed by atoms with E-state index in [1.807, 2.05) is 19.0 Å². The van der Waals surface area contributed by atoms with Gasteiger partial charge in [-0.1, -0.05) is 12.1 Å². The first kappa shape index (κ1) is 19.0. The van der Waals surface area contributed by atoms with Gasteiger partial charge in [0.15, 0.2) is 0 Å². The number of ether oxygens (including phenoxy) is 1. The zero-order chi connectivity index (χ0) is 19.4. The Hall–Kier alpha value is -3.33. The molecule has 138 valence electrons. The quantitative estimate of drug-likeness (QED) is 0.570. The van der Waals surface area contributed by atoms with E-state index in [4.69, 9.17) is 10.5 Å². The normalized spacial score (nSPS) is 10.7. The number of carboxylic acid groups (broad SMARTS) is 2. The van der Waals surface area contributed by atoms with Crippen LogP contribution in [0.4, 0.5) is 5.82 Å². The fourth-order valence-corrected chi connectivity index (χ4v) is 2.42. The second-order valence-electron chi connectivity index (χ2n) is 5.78. The summed E-state index contributed by atoms with van der Waals surface area (Å²) in [6, 6.07) is 6.19. The number of rotatable bonds is 7. The van der Waals surface area contributed by atoms with Crippen LogP contribution in [0.25, 0.3) is 11.1 Å². The number of nitrogens with one attached hydrogen (secondary N) is 1. The Morgan fingerprint density at radius 1 is 1.19 bits per heavy atom. The lowest BCUT2D eigenvalue weighted by Crippen LogP contribution is -2.24. The smallest absolute Gasteiger partial charge is 0.342 e. The molecule has 0 bridgehead atoms. The van der Waals surface area contributed by atoms with Crippen molar-refractivity contribution >= 4 is 17.8 Å². The Kier molecular flexibility index (Phi) is 5.63. The molecule has 0 saturated heterocycles. The highest BCUT2D eigenvalue weighted by Crippen LogP contribution is 2.31. The van der Waals surface area contributed by atoms with Crippen molar-refractivity contribution in [2.75, 3.05) is 33.0 Å². The summed E-state index contributed by atoms with van der Waals surface area (Å²) < 4.78 is 5.59. The number of aromatic amines is 1. The van der Waals surface area contributed by atoms with E-state index in [0.717, 1.165) is 0 Å². The van der Waals surface area contributed by atoms with Crippen molar-refractivity contribution in [2.24, 2.45) is 0 Å². The van der Waals surface area contributed by atoms with Gasteiger partial charge in [0.25, 0.3) is 5.56 Å². The van der Waals surface area contributed by atoms with Gasteiger partial charge in [-0.2, -0.15) is 0 Å². The van der Waals surface area contributed by atoms with E-state index in [-0.39, 0.29) is 11.1 Å². The fourth-order valence-electron chi connectivity index (χ4n) is 2.42. The third kappa shape index (κ3) is 4.01. The topological polar surface area (TPSA) is 146 Å². The maximum Gasteiger partial charge on any atom is 0.342 e. The fraction of sp³-hybridized carbons (Fsp3) is 0.235. The molecule has 1 heterocycles. The number of carboxylic acids is 2. The molecule has 0 aliphatic heterocycles. The number of aromatic carboxylic acids is 2. The number of H-pyrrole nitrogens is 1. The largest absolute Gasteiger partial charge is 0.492 e. The van der Waals surface area contributed by atoms with Crippen LogP contribution in [0.2, 0.25) is 0 Å². The molecule has 0 radical (unpaired) electrons. The molecule has 0 aliphatic rings. The molecule has 9 heteroatoms. The molecule has 9 nitrogen and oxygen atoms in total. The van der Waals surface area contributed by atoms with Gasteiger partial charge in [0.05, 0.1) is 0 Å². The molecule has 26 heavy (non-hydrogen) atoms. The second-order valence-corrected chi connectivity index (χ2v) is 5.78. The number of nitrogens with zero attached hydrogens (tertiary/aromatic N) is 1. The summed E-state index contributed by atoms with van der Waals surface area (Å²) in [6.45, 7) is 1.04. The van der Waals surface area contributed by atoms with Crippen molar-refractivity contribution in [3.05, 3.63) is 45.7 Å². The van der Waals surface area contributed by atoms with Crippen LogP contribution in [0.15, 0.2) is 29.1 Å². The van der Waals surface area contributed by atoms with E-state index in [2.05, 4.69) is 4.98 Å². The van der Waals surface area contributed by atoms with Gasteiger partial charge in [0.2, 0.25) is 0 Å². The summed E-state index contributed by atoms with van der Waals surface area (Å²) in [5.41, 5.74) is 3.41. The molecule has 0 unspecified atom stereocenters. The van der Waals surface area contributed by atoms with Crippen LogP contribution in [0.1, 0.15) is 20.7 Å². The number of hydrogen-bond donors (Lipinski definition) is 4. The lowest BCUT2D eigenvalue weighted by Gasteiger charge is -2.14. The number of nitrogen functional groups attached to an aromatic ring is 1. The summed E-state index contributed by atoms with van der Waals surface area (Å²) in [7, 11) is 3.77. The van der Waals surface area contributed by atoms with E-state index in [1.54, 1.807) is 12.1 Å². The predicted octanol–water partition coefficient (Wildman–Crippen LogP) is 0.961. The minimum atomic E-state index is -1.55.